The van der Waals surface area contributed by atoms with Crippen LogP contribution in [0, 0.1) is 12.3 Å². The zero-order valence-corrected chi connectivity index (χ0v) is 11.1. The zero-order valence-electron chi connectivity index (χ0n) is 11.1. The Morgan fingerprint density at radius 2 is 2.25 bits per heavy atom. The maximum atomic E-state index is 9.81. The van der Waals surface area contributed by atoms with Gasteiger partial charge in [-0.05, 0) is 30.3 Å². The number of benzene rings is 1. The second kappa shape index (κ2) is 7.39. The van der Waals surface area contributed by atoms with Crippen molar-refractivity contribution < 1.29 is 14.3 Å². The smallest absolute Gasteiger partial charge is 0.129 e. The number of hydrogen-bond acceptors (Lipinski definition) is 4. The van der Waals surface area contributed by atoms with Crippen molar-refractivity contribution in [1.29, 1.82) is 0 Å². The van der Waals surface area contributed by atoms with E-state index in [1.54, 1.807) is 12.3 Å². The highest BCUT2D eigenvalue weighted by molar-refractivity contribution is 5.49. The molecule has 1 aromatic heterocycles. The third-order valence-corrected chi connectivity index (χ3v) is 2.71. The Morgan fingerprint density at radius 3 is 3.00 bits per heavy atom. The summed E-state index contributed by atoms with van der Waals surface area (Å²) in [6.07, 6.45) is 6.33. The summed E-state index contributed by atoms with van der Waals surface area (Å²) in [7, 11) is 0. The highest BCUT2D eigenvalue weighted by Gasteiger charge is 2.05. The lowest BCUT2D eigenvalue weighted by Crippen LogP contribution is -2.24. The van der Waals surface area contributed by atoms with Crippen LogP contribution in [0.15, 0.2) is 47.1 Å². The molecule has 0 amide bonds. The van der Waals surface area contributed by atoms with Crippen LogP contribution >= 0.6 is 0 Å². The minimum absolute atomic E-state index is 0.239. The molecule has 0 aliphatic carbocycles. The Morgan fingerprint density at radius 1 is 1.35 bits per heavy atom. The summed E-state index contributed by atoms with van der Waals surface area (Å²) in [5.41, 5.74) is 1.68. The van der Waals surface area contributed by atoms with Gasteiger partial charge in [-0.15, -0.1) is 6.42 Å². The minimum Gasteiger partial charge on any atom is -0.467 e. The molecule has 1 aromatic carbocycles. The Bertz CT molecular complexity index is 557. The van der Waals surface area contributed by atoms with Crippen molar-refractivity contribution >= 4 is 5.69 Å². The Hall–Kier alpha value is -2.22. The van der Waals surface area contributed by atoms with Crippen LogP contribution in [-0.4, -0.2) is 24.4 Å². The van der Waals surface area contributed by atoms with Crippen LogP contribution in [-0.2, 0) is 11.3 Å². The number of terminal acetylenes is 1. The van der Waals surface area contributed by atoms with Crippen LogP contribution in [0.3, 0.4) is 0 Å². The summed E-state index contributed by atoms with van der Waals surface area (Å²) >= 11 is 0. The Labute approximate surface area is 118 Å². The van der Waals surface area contributed by atoms with Gasteiger partial charge in [0.1, 0.15) is 12.4 Å². The van der Waals surface area contributed by atoms with E-state index in [1.165, 1.54) is 0 Å². The Balaban J connectivity index is 1.69. The number of aliphatic hydroxyl groups is 1. The van der Waals surface area contributed by atoms with Crippen molar-refractivity contribution in [2.45, 2.75) is 12.7 Å². The van der Waals surface area contributed by atoms with Crippen LogP contribution in [0.25, 0.3) is 0 Å². The number of rotatable bonds is 7. The number of furan rings is 1. The molecule has 2 aromatic rings. The molecule has 104 valence electrons. The van der Waals surface area contributed by atoms with Gasteiger partial charge in [0, 0.05) is 17.8 Å². The van der Waals surface area contributed by atoms with Crippen LogP contribution in [0.1, 0.15) is 11.3 Å². The molecular formula is C16H17NO3. The maximum Gasteiger partial charge on any atom is 0.129 e. The van der Waals surface area contributed by atoms with E-state index in [0.29, 0.717) is 13.2 Å². The first-order valence-corrected chi connectivity index (χ1v) is 6.36. The summed E-state index contributed by atoms with van der Waals surface area (Å²) in [6, 6.07) is 11.1. The van der Waals surface area contributed by atoms with Gasteiger partial charge in [0.2, 0.25) is 0 Å². The van der Waals surface area contributed by atoms with E-state index in [-0.39, 0.29) is 6.61 Å². The highest BCUT2D eigenvalue weighted by atomic mass is 16.5. The summed E-state index contributed by atoms with van der Waals surface area (Å²) in [6.45, 7) is 0.991. The average Bonchev–Trinajstić information content (AvgIpc) is 2.98. The lowest BCUT2D eigenvalue weighted by atomic mass is 10.2. The monoisotopic (exact) mass is 271 g/mol. The quantitative estimate of drug-likeness (QED) is 0.758. The van der Waals surface area contributed by atoms with E-state index >= 15 is 0 Å². The standard InChI is InChI=1S/C16H17NO3/c1-2-13-5-3-6-14(9-13)17-10-15(18)11-19-12-16-7-4-8-20-16/h1,3-9,15,17-18H,10-12H2. The van der Waals surface area contributed by atoms with Gasteiger partial charge in [-0.2, -0.15) is 0 Å². The molecule has 0 spiro atoms. The summed E-state index contributed by atoms with van der Waals surface area (Å²) in [4.78, 5) is 0. The van der Waals surface area contributed by atoms with Crippen molar-refractivity contribution in [3.63, 3.8) is 0 Å². The number of nitrogens with one attached hydrogen (secondary N) is 1. The van der Waals surface area contributed by atoms with Crippen molar-refractivity contribution in [1.82, 2.24) is 0 Å². The third kappa shape index (κ3) is 4.47. The molecule has 4 heteroatoms. The van der Waals surface area contributed by atoms with Gasteiger partial charge in [-0.25, -0.2) is 0 Å². The molecule has 0 saturated carbocycles. The summed E-state index contributed by atoms with van der Waals surface area (Å²) in [5.74, 6) is 3.31. The minimum atomic E-state index is -0.598. The normalized spacial score (nSPS) is 11.8. The molecular weight excluding hydrogens is 254 g/mol. The largest absolute Gasteiger partial charge is 0.467 e. The molecule has 4 nitrogen and oxygen atoms in total. The molecule has 0 radical (unpaired) electrons. The van der Waals surface area contributed by atoms with Crippen molar-refractivity contribution in [2.24, 2.45) is 0 Å². The van der Waals surface area contributed by atoms with Gasteiger partial charge >= 0.3 is 0 Å². The van der Waals surface area contributed by atoms with Gasteiger partial charge in [0.15, 0.2) is 0 Å². The fourth-order valence-electron chi connectivity index (χ4n) is 1.70. The molecule has 0 aliphatic heterocycles. The van der Waals surface area contributed by atoms with Gasteiger partial charge in [-0.1, -0.05) is 12.0 Å². The molecule has 1 atom stereocenters. The van der Waals surface area contributed by atoms with E-state index < -0.39 is 6.10 Å². The molecule has 1 unspecified atom stereocenters. The number of hydrogen-bond donors (Lipinski definition) is 2. The van der Waals surface area contributed by atoms with Crippen LogP contribution in [0.5, 0.6) is 0 Å². The molecule has 1 heterocycles. The van der Waals surface area contributed by atoms with E-state index in [0.717, 1.165) is 17.0 Å². The molecule has 0 saturated heterocycles. The van der Waals surface area contributed by atoms with Gasteiger partial charge in [0.05, 0.1) is 19.0 Å². The SMILES string of the molecule is C#Cc1cccc(NCC(O)COCc2ccco2)c1. The van der Waals surface area contributed by atoms with E-state index in [2.05, 4.69) is 11.2 Å². The Kier molecular flexibility index (Phi) is 5.24. The van der Waals surface area contributed by atoms with Gasteiger partial charge in [-0.3, -0.25) is 0 Å². The first-order chi connectivity index (χ1) is 9.78. The molecule has 20 heavy (non-hydrogen) atoms. The molecule has 0 bridgehead atoms. The van der Waals surface area contributed by atoms with E-state index in [1.807, 2.05) is 30.3 Å². The first kappa shape index (κ1) is 14.2. The summed E-state index contributed by atoms with van der Waals surface area (Å²) in [5, 5.41) is 12.9. The van der Waals surface area contributed by atoms with E-state index in [4.69, 9.17) is 15.6 Å². The number of ether oxygens (including phenoxy) is 1. The van der Waals surface area contributed by atoms with E-state index in [9.17, 15) is 5.11 Å². The zero-order chi connectivity index (χ0) is 14.2. The second-order valence-electron chi connectivity index (χ2n) is 4.35. The maximum absolute atomic E-state index is 9.81. The first-order valence-electron chi connectivity index (χ1n) is 6.36. The molecule has 2 N–H and O–H groups in total. The second-order valence-corrected chi connectivity index (χ2v) is 4.35. The lowest BCUT2D eigenvalue weighted by Gasteiger charge is -2.13. The fourth-order valence-corrected chi connectivity index (χ4v) is 1.70. The third-order valence-electron chi connectivity index (χ3n) is 2.71. The summed E-state index contributed by atoms with van der Waals surface area (Å²) < 4.78 is 10.5. The van der Waals surface area contributed by atoms with Crippen LogP contribution in [0.2, 0.25) is 0 Å². The molecule has 2 rings (SSSR count). The van der Waals surface area contributed by atoms with Crippen LogP contribution < -0.4 is 5.32 Å². The highest BCUT2D eigenvalue weighted by Crippen LogP contribution is 2.09. The van der Waals surface area contributed by atoms with Gasteiger partial charge < -0.3 is 19.6 Å². The number of aliphatic hydroxyl groups excluding tert-OH is 1. The van der Waals surface area contributed by atoms with Crippen molar-refractivity contribution in [3.8, 4) is 12.3 Å². The predicted octanol–water partition coefficient (Wildman–Crippen LogP) is 2.25. The van der Waals surface area contributed by atoms with Crippen molar-refractivity contribution in [2.75, 3.05) is 18.5 Å². The fraction of sp³-hybridized carbons (Fsp3) is 0.250. The average molecular weight is 271 g/mol. The topological polar surface area (TPSA) is 54.6 Å². The lowest BCUT2D eigenvalue weighted by molar-refractivity contribution is 0.0282. The van der Waals surface area contributed by atoms with Crippen molar-refractivity contribution in [3.05, 3.63) is 54.0 Å². The van der Waals surface area contributed by atoms with Crippen LogP contribution in [0.4, 0.5) is 5.69 Å². The predicted molar refractivity (Wildman–Crippen MR) is 77.2 cm³/mol. The molecule has 0 aliphatic rings. The van der Waals surface area contributed by atoms with Gasteiger partial charge in [0.25, 0.3) is 0 Å². The number of anilines is 1. The molecule has 0 fully saturated rings.